The molecule has 2 rings (SSSR count). The maximum atomic E-state index is 12.6. The summed E-state index contributed by atoms with van der Waals surface area (Å²) in [6, 6.07) is 9.56. The molecular formula is C20H28N2O3. The van der Waals surface area contributed by atoms with E-state index in [1.165, 1.54) is 0 Å². The zero-order chi connectivity index (χ0) is 18.2. The van der Waals surface area contributed by atoms with Gasteiger partial charge in [0, 0.05) is 18.9 Å². The van der Waals surface area contributed by atoms with Crippen molar-refractivity contribution in [1.29, 1.82) is 0 Å². The number of aromatic nitrogens is 1. The molecule has 0 bridgehead atoms. The van der Waals surface area contributed by atoms with Crippen LogP contribution in [0.5, 0.6) is 11.5 Å². The summed E-state index contributed by atoms with van der Waals surface area (Å²) in [6.07, 6.45) is 5.45. The second-order valence-corrected chi connectivity index (χ2v) is 6.51. The highest BCUT2D eigenvalue weighted by Crippen LogP contribution is 2.27. The van der Waals surface area contributed by atoms with Crippen molar-refractivity contribution in [2.75, 3.05) is 20.8 Å². The highest BCUT2D eigenvalue weighted by atomic mass is 16.5. The summed E-state index contributed by atoms with van der Waals surface area (Å²) >= 11 is 0. The van der Waals surface area contributed by atoms with Crippen LogP contribution in [-0.4, -0.2) is 31.2 Å². The fourth-order valence-electron chi connectivity index (χ4n) is 2.85. The zero-order valence-corrected chi connectivity index (χ0v) is 15.5. The maximum Gasteiger partial charge on any atom is 0.243 e. The van der Waals surface area contributed by atoms with Gasteiger partial charge in [-0.15, -0.1) is 0 Å². The molecule has 1 atom stereocenters. The average molecular weight is 344 g/mol. The third kappa shape index (κ3) is 5.28. The molecule has 25 heavy (non-hydrogen) atoms. The first kappa shape index (κ1) is 18.9. The number of hydrogen-bond donors (Lipinski definition) is 1. The van der Waals surface area contributed by atoms with E-state index in [9.17, 15) is 4.79 Å². The van der Waals surface area contributed by atoms with Gasteiger partial charge in [-0.05, 0) is 48.6 Å². The van der Waals surface area contributed by atoms with E-state index in [2.05, 4.69) is 19.2 Å². The lowest BCUT2D eigenvalue weighted by Crippen LogP contribution is -2.34. The third-order valence-electron chi connectivity index (χ3n) is 4.15. The predicted molar refractivity (Wildman–Crippen MR) is 99.2 cm³/mol. The van der Waals surface area contributed by atoms with E-state index >= 15 is 0 Å². The number of nitrogens with one attached hydrogen (secondary N) is 1. The lowest BCUT2D eigenvalue weighted by molar-refractivity contribution is -0.124. The van der Waals surface area contributed by atoms with E-state index in [0.29, 0.717) is 24.0 Å². The molecule has 5 nitrogen and oxygen atoms in total. The Hall–Kier alpha value is -2.43. The molecule has 0 fully saturated rings. The van der Waals surface area contributed by atoms with Gasteiger partial charge in [0.1, 0.15) is 6.04 Å². The SMILES string of the molecule is COc1ccc(CCNC(=O)[C@@H](CC(C)C)n2cccc2)cc1OC. The van der Waals surface area contributed by atoms with Crippen molar-refractivity contribution in [3.8, 4) is 11.5 Å². The molecule has 2 aromatic rings. The van der Waals surface area contributed by atoms with Gasteiger partial charge in [-0.25, -0.2) is 0 Å². The molecule has 0 aliphatic heterocycles. The Balaban J connectivity index is 1.94. The number of nitrogens with zero attached hydrogens (tertiary/aromatic N) is 1. The molecule has 1 N–H and O–H groups in total. The van der Waals surface area contributed by atoms with E-state index in [-0.39, 0.29) is 11.9 Å². The van der Waals surface area contributed by atoms with Gasteiger partial charge in [0.25, 0.3) is 0 Å². The second kappa shape index (κ2) is 9.16. The third-order valence-corrected chi connectivity index (χ3v) is 4.15. The van der Waals surface area contributed by atoms with Crippen molar-refractivity contribution in [3.05, 3.63) is 48.3 Å². The Bertz CT molecular complexity index is 666. The smallest absolute Gasteiger partial charge is 0.243 e. The molecule has 1 heterocycles. The molecule has 1 amide bonds. The maximum absolute atomic E-state index is 12.6. The highest BCUT2D eigenvalue weighted by molar-refractivity contribution is 5.80. The topological polar surface area (TPSA) is 52.5 Å². The minimum absolute atomic E-state index is 0.0605. The largest absolute Gasteiger partial charge is 0.493 e. The Labute approximate surface area is 149 Å². The van der Waals surface area contributed by atoms with Crippen LogP contribution in [0.2, 0.25) is 0 Å². The van der Waals surface area contributed by atoms with Crippen LogP contribution in [-0.2, 0) is 11.2 Å². The summed E-state index contributed by atoms with van der Waals surface area (Å²) in [5.41, 5.74) is 1.10. The fourth-order valence-corrected chi connectivity index (χ4v) is 2.85. The van der Waals surface area contributed by atoms with Crippen molar-refractivity contribution >= 4 is 5.91 Å². The monoisotopic (exact) mass is 344 g/mol. The van der Waals surface area contributed by atoms with Gasteiger partial charge in [-0.2, -0.15) is 0 Å². The van der Waals surface area contributed by atoms with Gasteiger partial charge in [0.2, 0.25) is 5.91 Å². The number of carbonyl (C=O) groups excluding carboxylic acids is 1. The number of carbonyl (C=O) groups is 1. The summed E-state index contributed by atoms with van der Waals surface area (Å²) in [7, 11) is 3.24. The standard InChI is InChI=1S/C20H28N2O3/c1-15(2)13-17(22-11-5-6-12-22)20(23)21-10-9-16-7-8-18(24-3)19(14-16)25-4/h5-8,11-12,14-15,17H,9-10,13H2,1-4H3,(H,21,23)/t17-/m1/s1. The van der Waals surface area contributed by atoms with E-state index < -0.39 is 0 Å². The van der Waals surface area contributed by atoms with Crippen molar-refractivity contribution in [1.82, 2.24) is 9.88 Å². The number of methoxy groups -OCH3 is 2. The number of rotatable bonds is 9. The molecule has 0 unspecified atom stereocenters. The van der Waals surface area contributed by atoms with Gasteiger partial charge in [0.05, 0.1) is 14.2 Å². The minimum Gasteiger partial charge on any atom is -0.493 e. The lowest BCUT2D eigenvalue weighted by atomic mass is 10.0. The second-order valence-electron chi connectivity index (χ2n) is 6.51. The molecule has 0 aliphatic carbocycles. The molecular weight excluding hydrogens is 316 g/mol. The summed E-state index contributed by atoms with van der Waals surface area (Å²) in [5, 5.41) is 3.06. The van der Waals surface area contributed by atoms with Crippen LogP contribution in [0.1, 0.15) is 31.9 Å². The van der Waals surface area contributed by atoms with E-state index in [1.54, 1.807) is 14.2 Å². The molecule has 1 aromatic carbocycles. The molecule has 1 aromatic heterocycles. The molecule has 136 valence electrons. The molecule has 0 spiro atoms. The first-order valence-corrected chi connectivity index (χ1v) is 8.66. The summed E-state index contributed by atoms with van der Waals surface area (Å²) in [6.45, 7) is 4.85. The van der Waals surface area contributed by atoms with Crippen LogP contribution in [0, 0.1) is 5.92 Å². The highest BCUT2D eigenvalue weighted by Gasteiger charge is 2.20. The number of benzene rings is 1. The quantitative estimate of drug-likeness (QED) is 0.758. The van der Waals surface area contributed by atoms with Crippen LogP contribution in [0.25, 0.3) is 0 Å². The minimum atomic E-state index is -0.166. The first-order valence-electron chi connectivity index (χ1n) is 8.66. The first-order chi connectivity index (χ1) is 12.0. The Kier molecular flexibility index (Phi) is 6.92. The summed E-state index contributed by atoms with van der Waals surface area (Å²) in [5.74, 6) is 1.92. The molecule has 0 saturated carbocycles. The van der Waals surface area contributed by atoms with Crippen molar-refractivity contribution < 1.29 is 14.3 Å². The van der Waals surface area contributed by atoms with Gasteiger partial charge in [0.15, 0.2) is 11.5 Å². The average Bonchev–Trinajstić information content (AvgIpc) is 3.13. The van der Waals surface area contributed by atoms with Crippen molar-refractivity contribution in [3.63, 3.8) is 0 Å². The fraction of sp³-hybridized carbons (Fsp3) is 0.450. The molecule has 5 heteroatoms. The summed E-state index contributed by atoms with van der Waals surface area (Å²) in [4.78, 5) is 12.6. The number of ether oxygens (including phenoxy) is 2. The van der Waals surface area contributed by atoms with Gasteiger partial charge >= 0.3 is 0 Å². The van der Waals surface area contributed by atoms with Crippen LogP contribution < -0.4 is 14.8 Å². The molecule has 0 saturated heterocycles. The Morgan fingerprint density at radius 2 is 1.80 bits per heavy atom. The van der Waals surface area contributed by atoms with Crippen molar-refractivity contribution in [2.45, 2.75) is 32.7 Å². The molecule has 0 radical (unpaired) electrons. The summed E-state index contributed by atoms with van der Waals surface area (Å²) < 4.78 is 12.5. The van der Waals surface area contributed by atoms with Gasteiger partial charge in [-0.3, -0.25) is 4.79 Å². The van der Waals surface area contributed by atoms with Crippen LogP contribution in [0.3, 0.4) is 0 Å². The van der Waals surface area contributed by atoms with E-state index in [4.69, 9.17) is 9.47 Å². The van der Waals surface area contributed by atoms with Crippen LogP contribution >= 0.6 is 0 Å². The Morgan fingerprint density at radius 1 is 1.12 bits per heavy atom. The lowest BCUT2D eigenvalue weighted by Gasteiger charge is -2.20. The van der Waals surface area contributed by atoms with Crippen LogP contribution in [0.4, 0.5) is 0 Å². The normalized spacial score (nSPS) is 12.0. The van der Waals surface area contributed by atoms with Gasteiger partial charge in [-0.1, -0.05) is 19.9 Å². The van der Waals surface area contributed by atoms with E-state index in [1.807, 2.05) is 47.3 Å². The van der Waals surface area contributed by atoms with Crippen LogP contribution in [0.15, 0.2) is 42.7 Å². The van der Waals surface area contributed by atoms with Crippen molar-refractivity contribution in [2.24, 2.45) is 5.92 Å². The Morgan fingerprint density at radius 3 is 2.40 bits per heavy atom. The van der Waals surface area contributed by atoms with E-state index in [0.717, 1.165) is 18.4 Å². The molecule has 0 aliphatic rings. The number of amides is 1. The zero-order valence-electron chi connectivity index (χ0n) is 15.5. The van der Waals surface area contributed by atoms with Gasteiger partial charge < -0.3 is 19.4 Å². The predicted octanol–water partition coefficient (Wildman–Crippen LogP) is 3.45. The number of hydrogen-bond acceptors (Lipinski definition) is 3.